The van der Waals surface area contributed by atoms with Crippen LogP contribution in [0.15, 0.2) is 24.3 Å². The van der Waals surface area contributed by atoms with Crippen molar-refractivity contribution >= 4 is 17.7 Å². The first-order valence-corrected chi connectivity index (χ1v) is 10.0. The van der Waals surface area contributed by atoms with Gasteiger partial charge in [-0.25, -0.2) is 0 Å². The van der Waals surface area contributed by atoms with Crippen LogP contribution in [0.2, 0.25) is 0 Å². The Hall–Kier alpha value is -2.57. The first kappa shape index (κ1) is 21.7. The summed E-state index contributed by atoms with van der Waals surface area (Å²) in [6.07, 6.45) is 2.70. The Kier molecular flexibility index (Phi) is 8.29. The van der Waals surface area contributed by atoms with Crippen molar-refractivity contribution < 1.29 is 19.1 Å². The van der Waals surface area contributed by atoms with Gasteiger partial charge in [0, 0.05) is 31.6 Å². The van der Waals surface area contributed by atoms with Gasteiger partial charge in [-0.1, -0.05) is 13.8 Å². The molecular formula is C21H31N3O4. The highest BCUT2D eigenvalue weighted by molar-refractivity contribution is 5.97. The predicted molar refractivity (Wildman–Crippen MR) is 107 cm³/mol. The van der Waals surface area contributed by atoms with E-state index in [1.807, 2.05) is 18.7 Å². The summed E-state index contributed by atoms with van der Waals surface area (Å²) >= 11 is 0. The lowest BCUT2D eigenvalue weighted by atomic mass is 9.88. The molecule has 1 heterocycles. The molecule has 0 radical (unpaired) electrons. The van der Waals surface area contributed by atoms with E-state index >= 15 is 0 Å². The van der Waals surface area contributed by atoms with Gasteiger partial charge in [-0.05, 0) is 49.4 Å². The molecule has 0 bridgehead atoms. The fourth-order valence-corrected chi connectivity index (χ4v) is 3.43. The van der Waals surface area contributed by atoms with Crippen LogP contribution in [0, 0.1) is 5.92 Å². The fraction of sp³-hybridized carbons (Fsp3) is 0.571. The van der Waals surface area contributed by atoms with Gasteiger partial charge in [0.05, 0.1) is 7.11 Å². The van der Waals surface area contributed by atoms with Crippen molar-refractivity contribution in [2.45, 2.75) is 45.6 Å². The second-order valence-electron chi connectivity index (χ2n) is 7.04. The van der Waals surface area contributed by atoms with E-state index in [9.17, 15) is 14.4 Å². The van der Waals surface area contributed by atoms with Gasteiger partial charge >= 0.3 is 0 Å². The molecule has 1 aliphatic rings. The molecule has 1 unspecified atom stereocenters. The smallest absolute Gasteiger partial charge is 0.251 e. The van der Waals surface area contributed by atoms with Crippen molar-refractivity contribution in [1.29, 1.82) is 0 Å². The third kappa shape index (κ3) is 5.71. The van der Waals surface area contributed by atoms with Crippen molar-refractivity contribution in [3.63, 3.8) is 0 Å². The van der Waals surface area contributed by atoms with Crippen molar-refractivity contribution in [3.05, 3.63) is 29.8 Å². The highest BCUT2D eigenvalue weighted by atomic mass is 16.5. The van der Waals surface area contributed by atoms with Crippen LogP contribution in [0.25, 0.3) is 0 Å². The topological polar surface area (TPSA) is 87.7 Å². The standard InChI is InChI=1S/C21H31N3O4/c1-4-12-22-21(27)19(15-10-13-24(14-11-15)18(25)5-2)23-20(26)16-6-8-17(28-3)9-7-16/h6-9,15,19H,4-5,10-14H2,1-3H3,(H,22,27)(H,23,26). The lowest BCUT2D eigenvalue weighted by molar-refractivity contribution is -0.132. The minimum atomic E-state index is -0.611. The van der Waals surface area contributed by atoms with E-state index < -0.39 is 6.04 Å². The van der Waals surface area contributed by atoms with Crippen LogP contribution in [0.4, 0.5) is 0 Å². The van der Waals surface area contributed by atoms with Crippen LogP contribution >= 0.6 is 0 Å². The molecule has 0 aliphatic carbocycles. The largest absolute Gasteiger partial charge is 0.497 e. The molecule has 0 aromatic heterocycles. The number of carbonyl (C=O) groups is 3. The zero-order valence-electron chi connectivity index (χ0n) is 17.0. The predicted octanol–water partition coefficient (Wildman–Crippen LogP) is 1.97. The zero-order valence-corrected chi connectivity index (χ0v) is 17.0. The molecule has 7 nitrogen and oxygen atoms in total. The number of piperidine rings is 1. The van der Waals surface area contributed by atoms with Gasteiger partial charge in [-0.15, -0.1) is 0 Å². The van der Waals surface area contributed by atoms with Crippen LogP contribution in [-0.2, 0) is 9.59 Å². The number of nitrogens with one attached hydrogen (secondary N) is 2. The van der Waals surface area contributed by atoms with Gasteiger partial charge in [0.2, 0.25) is 11.8 Å². The summed E-state index contributed by atoms with van der Waals surface area (Å²) in [5, 5.41) is 5.81. The van der Waals surface area contributed by atoms with Gasteiger partial charge in [0.1, 0.15) is 11.8 Å². The van der Waals surface area contributed by atoms with Crippen LogP contribution in [0.5, 0.6) is 5.75 Å². The van der Waals surface area contributed by atoms with Crippen LogP contribution in [-0.4, -0.2) is 55.4 Å². The van der Waals surface area contributed by atoms with E-state index in [0.717, 1.165) is 6.42 Å². The van der Waals surface area contributed by atoms with E-state index in [1.165, 1.54) is 0 Å². The molecule has 3 amide bonds. The Balaban J connectivity index is 2.07. The molecule has 28 heavy (non-hydrogen) atoms. The van der Waals surface area contributed by atoms with Gasteiger partial charge in [0.25, 0.3) is 5.91 Å². The number of carbonyl (C=O) groups excluding carboxylic acids is 3. The molecule has 1 atom stereocenters. The lowest BCUT2D eigenvalue weighted by Gasteiger charge is -2.35. The molecule has 2 rings (SSSR count). The minimum Gasteiger partial charge on any atom is -0.497 e. The third-order valence-corrected chi connectivity index (χ3v) is 5.14. The van der Waals surface area contributed by atoms with Crippen LogP contribution in [0.3, 0.4) is 0 Å². The molecule has 0 spiro atoms. The summed E-state index contributed by atoms with van der Waals surface area (Å²) in [5.41, 5.74) is 0.479. The molecule has 154 valence electrons. The van der Waals surface area contributed by atoms with Crippen molar-refractivity contribution in [2.24, 2.45) is 5.92 Å². The number of likely N-dealkylation sites (tertiary alicyclic amines) is 1. The normalized spacial score (nSPS) is 15.6. The summed E-state index contributed by atoms with van der Waals surface area (Å²) in [6.45, 7) is 5.64. The summed E-state index contributed by atoms with van der Waals surface area (Å²) in [4.78, 5) is 39.1. The van der Waals surface area contributed by atoms with Crippen molar-refractivity contribution in [3.8, 4) is 5.75 Å². The summed E-state index contributed by atoms with van der Waals surface area (Å²) < 4.78 is 5.12. The highest BCUT2D eigenvalue weighted by Crippen LogP contribution is 2.22. The molecule has 1 aromatic rings. The number of hydrogen-bond donors (Lipinski definition) is 2. The van der Waals surface area contributed by atoms with Gasteiger partial charge in [-0.2, -0.15) is 0 Å². The quantitative estimate of drug-likeness (QED) is 0.712. The van der Waals surface area contributed by atoms with Crippen LogP contribution in [0.1, 0.15) is 49.9 Å². The number of amides is 3. The number of methoxy groups -OCH3 is 1. The number of ether oxygens (including phenoxy) is 1. The maximum Gasteiger partial charge on any atom is 0.251 e. The minimum absolute atomic E-state index is 0.0000365. The van der Waals surface area contributed by atoms with Crippen molar-refractivity contribution in [1.82, 2.24) is 15.5 Å². The average Bonchev–Trinajstić information content (AvgIpc) is 2.75. The Morgan fingerprint density at radius 1 is 1.14 bits per heavy atom. The molecule has 1 fully saturated rings. The molecule has 2 N–H and O–H groups in total. The molecule has 1 aromatic carbocycles. The second kappa shape index (κ2) is 10.7. The van der Waals surface area contributed by atoms with E-state index in [4.69, 9.17) is 4.74 Å². The number of hydrogen-bond acceptors (Lipinski definition) is 4. The number of nitrogens with zero attached hydrogens (tertiary/aromatic N) is 1. The molecular weight excluding hydrogens is 358 g/mol. The average molecular weight is 389 g/mol. The van der Waals surface area contributed by atoms with Crippen LogP contribution < -0.4 is 15.4 Å². The van der Waals surface area contributed by atoms with Gasteiger partial charge in [-0.3, -0.25) is 14.4 Å². The first-order chi connectivity index (χ1) is 13.5. The summed E-state index contributed by atoms with van der Waals surface area (Å²) in [7, 11) is 1.57. The molecule has 7 heteroatoms. The SMILES string of the molecule is CCCNC(=O)C(NC(=O)c1ccc(OC)cc1)C1CCN(C(=O)CC)CC1. The van der Waals surface area contributed by atoms with E-state index in [1.54, 1.807) is 31.4 Å². The Bertz CT molecular complexity index is 667. The number of rotatable bonds is 8. The van der Waals surface area contributed by atoms with E-state index in [0.29, 0.717) is 50.2 Å². The molecule has 1 aliphatic heterocycles. The Morgan fingerprint density at radius 2 is 1.79 bits per heavy atom. The van der Waals surface area contributed by atoms with E-state index in [2.05, 4.69) is 10.6 Å². The maximum atomic E-state index is 12.7. The first-order valence-electron chi connectivity index (χ1n) is 10.0. The Morgan fingerprint density at radius 3 is 2.32 bits per heavy atom. The van der Waals surface area contributed by atoms with Crippen molar-refractivity contribution in [2.75, 3.05) is 26.7 Å². The second-order valence-corrected chi connectivity index (χ2v) is 7.04. The van der Waals surface area contributed by atoms with E-state index in [-0.39, 0.29) is 23.6 Å². The zero-order chi connectivity index (χ0) is 20.5. The third-order valence-electron chi connectivity index (χ3n) is 5.14. The lowest BCUT2D eigenvalue weighted by Crippen LogP contribution is -2.53. The highest BCUT2D eigenvalue weighted by Gasteiger charge is 2.33. The molecule has 0 saturated carbocycles. The summed E-state index contributed by atoms with van der Waals surface area (Å²) in [6, 6.07) is 6.18. The Labute approximate surface area is 166 Å². The summed E-state index contributed by atoms with van der Waals surface area (Å²) in [5.74, 6) is 0.352. The van der Waals surface area contributed by atoms with Gasteiger partial charge < -0.3 is 20.3 Å². The molecule has 1 saturated heterocycles. The fourth-order valence-electron chi connectivity index (χ4n) is 3.43. The monoisotopic (exact) mass is 389 g/mol. The number of benzene rings is 1. The maximum absolute atomic E-state index is 12.7. The van der Waals surface area contributed by atoms with Gasteiger partial charge in [0.15, 0.2) is 0 Å².